The third-order valence-corrected chi connectivity index (χ3v) is 4.57. The highest BCUT2D eigenvalue weighted by Crippen LogP contribution is 2.36. The summed E-state index contributed by atoms with van der Waals surface area (Å²) in [5.41, 5.74) is 0.543. The molecule has 4 nitrogen and oxygen atoms in total. The summed E-state index contributed by atoms with van der Waals surface area (Å²) in [5.74, 6) is 2.31. The average molecular weight is 259 g/mol. The fraction of sp³-hybridized carbons (Fsp3) is 0.667. The first-order valence-electron chi connectivity index (χ1n) is 7.33. The first-order chi connectivity index (χ1) is 9.24. The molecule has 0 spiro atoms. The van der Waals surface area contributed by atoms with Crippen LogP contribution in [0.5, 0.6) is 0 Å². The van der Waals surface area contributed by atoms with E-state index in [-0.39, 0.29) is 5.91 Å². The molecule has 2 heterocycles. The van der Waals surface area contributed by atoms with Gasteiger partial charge in [0, 0.05) is 19.3 Å². The second kappa shape index (κ2) is 5.27. The maximum atomic E-state index is 12.5. The third kappa shape index (κ3) is 2.62. The van der Waals surface area contributed by atoms with E-state index in [1.165, 1.54) is 32.1 Å². The largest absolute Gasteiger partial charge is 0.337 e. The van der Waals surface area contributed by atoms with Gasteiger partial charge in [0.05, 0.1) is 0 Å². The molecule has 1 saturated carbocycles. The summed E-state index contributed by atoms with van der Waals surface area (Å²) in [7, 11) is 0. The third-order valence-electron chi connectivity index (χ3n) is 4.57. The molecule has 19 heavy (non-hydrogen) atoms. The smallest absolute Gasteiger partial charge is 0.272 e. The van der Waals surface area contributed by atoms with Gasteiger partial charge in [-0.25, -0.2) is 9.97 Å². The van der Waals surface area contributed by atoms with Crippen LogP contribution >= 0.6 is 0 Å². The summed E-state index contributed by atoms with van der Waals surface area (Å²) < 4.78 is 0. The lowest BCUT2D eigenvalue weighted by molar-refractivity contribution is 0.0515. The van der Waals surface area contributed by atoms with Gasteiger partial charge in [-0.1, -0.05) is 19.3 Å². The normalized spacial score (nSPS) is 26.9. The van der Waals surface area contributed by atoms with Crippen molar-refractivity contribution in [2.24, 2.45) is 11.8 Å². The summed E-state index contributed by atoms with van der Waals surface area (Å²) in [6, 6.07) is 1.72. The van der Waals surface area contributed by atoms with Crippen molar-refractivity contribution in [3.63, 3.8) is 0 Å². The van der Waals surface area contributed by atoms with Crippen molar-refractivity contribution < 1.29 is 4.79 Å². The molecule has 2 unspecified atom stereocenters. The van der Waals surface area contributed by atoms with Gasteiger partial charge in [-0.3, -0.25) is 4.79 Å². The number of likely N-dealkylation sites (tertiary alicyclic amines) is 1. The Morgan fingerprint density at radius 3 is 2.84 bits per heavy atom. The van der Waals surface area contributed by atoms with Crippen molar-refractivity contribution in [2.75, 3.05) is 13.1 Å². The lowest BCUT2D eigenvalue weighted by Crippen LogP contribution is -2.45. The lowest BCUT2D eigenvalue weighted by atomic mass is 9.75. The maximum Gasteiger partial charge on any atom is 0.272 e. The van der Waals surface area contributed by atoms with Gasteiger partial charge >= 0.3 is 0 Å². The van der Waals surface area contributed by atoms with Crippen LogP contribution in [0.2, 0.25) is 0 Å². The highest BCUT2D eigenvalue weighted by molar-refractivity contribution is 5.92. The number of rotatable bonds is 1. The van der Waals surface area contributed by atoms with Gasteiger partial charge < -0.3 is 4.90 Å². The molecule has 2 aliphatic rings. The lowest BCUT2D eigenvalue weighted by Gasteiger charge is -2.41. The zero-order valence-electron chi connectivity index (χ0n) is 11.5. The van der Waals surface area contributed by atoms with Crippen molar-refractivity contribution in [1.82, 2.24) is 14.9 Å². The minimum atomic E-state index is 0.0783. The fourth-order valence-electron chi connectivity index (χ4n) is 3.52. The molecule has 1 aromatic heterocycles. The minimum absolute atomic E-state index is 0.0783. The number of nitrogens with zero attached hydrogens (tertiary/aromatic N) is 3. The van der Waals surface area contributed by atoms with Crippen LogP contribution < -0.4 is 0 Å². The van der Waals surface area contributed by atoms with E-state index in [9.17, 15) is 4.79 Å². The Hall–Kier alpha value is -1.45. The number of piperidine rings is 1. The van der Waals surface area contributed by atoms with Crippen LogP contribution in [0.15, 0.2) is 12.3 Å². The van der Waals surface area contributed by atoms with Crippen LogP contribution in [0.3, 0.4) is 0 Å². The molecule has 1 aromatic rings. The van der Waals surface area contributed by atoms with Crippen LogP contribution in [0, 0.1) is 18.8 Å². The van der Waals surface area contributed by atoms with Crippen LogP contribution in [-0.2, 0) is 0 Å². The van der Waals surface area contributed by atoms with E-state index < -0.39 is 0 Å². The highest BCUT2D eigenvalue weighted by atomic mass is 16.2. The zero-order chi connectivity index (χ0) is 13.2. The molecule has 4 heteroatoms. The Morgan fingerprint density at radius 1 is 1.26 bits per heavy atom. The Morgan fingerprint density at radius 2 is 2.05 bits per heavy atom. The number of aryl methyl sites for hydroxylation is 1. The van der Waals surface area contributed by atoms with Crippen LogP contribution in [0.4, 0.5) is 0 Å². The van der Waals surface area contributed by atoms with Gasteiger partial charge in [0.2, 0.25) is 0 Å². The molecule has 0 bridgehead atoms. The summed E-state index contributed by atoms with van der Waals surface area (Å²) in [6.45, 7) is 3.64. The van der Waals surface area contributed by atoms with Crippen molar-refractivity contribution in [1.29, 1.82) is 0 Å². The first-order valence-corrected chi connectivity index (χ1v) is 7.33. The molecule has 1 aliphatic heterocycles. The van der Waals surface area contributed by atoms with Gasteiger partial charge in [0.25, 0.3) is 5.91 Å². The van der Waals surface area contributed by atoms with E-state index in [2.05, 4.69) is 9.97 Å². The summed E-state index contributed by atoms with van der Waals surface area (Å²) in [6.07, 6.45) is 8.19. The van der Waals surface area contributed by atoms with Gasteiger partial charge in [-0.05, 0) is 37.7 Å². The van der Waals surface area contributed by atoms with Crippen LogP contribution in [0.25, 0.3) is 0 Å². The average Bonchev–Trinajstić information content (AvgIpc) is 2.46. The van der Waals surface area contributed by atoms with Gasteiger partial charge in [-0.15, -0.1) is 0 Å². The first kappa shape index (κ1) is 12.6. The highest BCUT2D eigenvalue weighted by Gasteiger charge is 2.33. The minimum Gasteiger partial charge on any atom is -0.337 e. The fourth-order valence-corrected chi connectivity index (χ4v) is 3.52. The number of aromatic nitrogens is 2. The molecule has 1 amide bonds. The van der Waals surface area contributed by atoms with Gasteiger partial charge in [0.15, 0.2) is 0 Å². The second-order valence-electron chi connectivity index (χ2n) is 5.83. The number of hydrogen-bond acceptors (Lipinski definition) is 3. The number of amides is 1. The van der Waals surface area contributed by atoms with Crippen molar-refractivity contribution in [2.45, 2.75) is 39.0 Å². The Bertz CT molecular complexity index is 474. The van der Waals surface area contributed by atoms with Crippen molar-refractivity contribution in [3.05, 3.63) is 23.8 Å². The molecule has 2 atom stereocenters. The molecular weight excluding hydrogens is 238 g/mol. The van der Waals surface area contributed by atoms with E-state index in [0.29, 0.717) is 11.5 Å². The zero-order valence-corrected chi connectivity index (χ0v) is 11.5. The van der Waals surface area contributed by atoms with E-state index in [4.69, 9.17) is 0 Å². The van der Waals surface area contributed by atoms with E-state index >= 15 is 0 Å². The number of carbonyl (C=O) groups is 1. The molecular formula is C15H21N3O. The monoisotopic (exact) mass is 259 g/mol. The summed E-state index contributed by atoms with van der Waals surface area (Å²) in [5, 5.41) is 0. The molecule has 1 saturated heterocycles. The van der Waals surface area contributed by atoms with Crippen molar-refractivity contribution in [3.8, 4) is 0 Å². The molecule has 0 N–H and O–H groups in total. The molecule has 3 rings (SSSR count). The second-order valence-corrected chi connectivity index (χ2v) is 5.83. The van der Waals surface area contributed by atoms with E-state index in [1.807, 2.05) is 11.8 Å². The molecule has 1 aliphatic carbocycles. The summed E-state index contributed by atoms with van der Waals surface area (Å²) >= 11 is 0. The molecule has 0 aromatic carbocycles. The molecule has 0 radical (unpaired) electrons. The van der Waals surface area contributed by atoms with Gasteiger partial charge in [-0.2, -0.15) is 0 Å². The Labute approximate surface area is 114 Å². The topological polar surface area (TPSA) is 46.1 Å². The quantitative estimate of drug-likeness (QED) is 0.778. The summed E-state index contributed by atoms with van der Waals surface area (Å²) in [4.78, 5) is 22.8. The van der Waals surface area contributed by atoms with Crippen LogP contribution in [-0.4, -0.2) is 33.9 Å². The van der Waals surface area contributed by atoms with E-state index in [1.54, 1.807) is 12.3 Å². The molecule has 2 fully saturated rings. The Kier molecular flexibility index (Phi) is 3.49. The van der Waals surface area contributed by atoms with Crippen LogP contribution in [0.1, 0.15) is 48.4 Å². The number of fused-ring (bicyclic) bond motifs is 1. The number of hydrogen-bond donors (Lipinski definition) is 0. The van der Waals surface area contributed by atoms with Crippen molar-refractivity contribution >= 4 is 5.91 Å². The van der Waals surface area contributed by atoms with Gasteiger partial charge in [0.1, 0.15) is 11.5 Å². The maximum absolute atomic E-state index is 12.5. The van der Waals surface area contributed by atoms with E-state index in [0.717, 1.165) is 24.9 Å². The predicted molar refractivity (Wildman–Crippen MR) is 72.7 cm³/mol. The number of carbonyl (C=O) groups excluding carboxylic acids is 1. The Balaban J connectivity index is 1.71. The molecule has 102 valence electrons. The standard InChI is InChI=1S/C15H21N3O/c1-11-16-8-6-14(17-11)15(19)18-9-7-12-4-2-3-5-13(12)10-18/h6,8,12-13H,2-5,7,9-10H2,1H3. The SMILES string of the molecule is Cc1nccc(C(=O)N2CCC3CCCCC3C2)n1. The predicted octanol–water partition coefficient (Wildman–Crippen LogP) is 2.44.